The van der Waals surface area contributed by atoms with Gasteiger partial charge in [0, 0.05) is 0 Å². The van der Waals surface area contributed by atoms with Crippen molar-refractivity contribution < 1.29 is 19.4 Å². The van der Waals surface area contributed by atoms with Crippen LogP contribution in [0, 0.1) is 22.7 Å². The Balaban J connectivity index is 4.80. The van der Waals surface area contributed by atoms with E-state index in [1.165, 1.54) is 0 Å². The first kappa shape index (κ1) is 26.9. The molecule has 4 nitrogen and oxygen atoms in total. The van der Waals surface area contributed by atoms with Crippen molar-refractivity contribution in [1.29, 1.82) is 0 Å². The molecular weight excluding hydrogens is 352 g/mol. The summed E-state index contributed by atoms with van der Waals surface area (Å²) >= 11 is 0. The molecule has 0 aromatic rings. The predicted molar refractivity (Wildman–Crippen MR) is 116 cm³/mol. The summed E-state index contributed by atoms with van der Waals surface area (Å²) in [6, 6.07) is 0. The highest BCUT2D eigenvalue weighted by atomic mass is 17.2. The third-order valence-corrected chi connectivity index (χ3v) is 7.22. The zero-order valence-corrected chi connectivity index (χ0v) is 19.9. The van der Waals surface area contributed by atoms with Gasteiger partial charge in [-0.15, -0.1) is 0 Å². The Morgan fingerprint density at radius 1 is 0.643 bits per heavy atom. The SMILES string of the molecule is CCC(C)CC(CC)(CC)CC(=O)OOC(=O)CC(CC)(CC)CC(C)CC. The van der Waals surface area contributed by atoms with Crippen molar-refractivity contribution in [2.75, 3.05) is 0 Å². The highest BCUT2D eigenvalue weighted by Crippen LogP contribution is 2.40. The van der Waals surface area contributed by atoms with Gasteiger partial charge in [-0.05, 0) is 61.2 Å². The second-order valence-electron chi connectivity index (χ2n) is 9.11. The lowest BCUT2D eigenvalue weighted by Gasteiger charge is -2.33. The van der Waals surface area contributed by atoms with Crippen LogP contribution in [0.4, 0.5) is 0 Å². The van der Waals surface area contributed by atoms with Gasteiger partial charge in [-0.25, -0.2) is 19.4 Å². The van der Waals surface area contributed by atoms with Crippen molar-refractivity contribution in [3.05, 3.63) is 0 Å². The largest absolute Gasteiger partial charge is 0.356 e. The highest BCUT2D eigenvalue weighted by Gasteiger charge is 2.34. The van der Waals surface area contributed by atoms with Crippen molar-refractivity contribution in [2.45, 2.75) is 120 Å². The standard InChI is InChI=1S/C24H46O4/c1-9-19(7)15-23(11-3,12-4)17-21(25)27-28-22(26)18-24(13-5,14-6)16-20(8)10-2/h19-20H,9-18H2,1-8H3. The van der Waals surface area contributed by atoms with E-state index in [0.717, 1.165) is 51.4 Å². The van der Waals surface area contributed by atoms with Crippen LogP contribution in [0.2, 0.25) is 0 Å². The fourth-order valence-electron chi connectivity index (χ4n) is 4.25. The normalized spacial score (nSPS) is 14.4. The molecule has 28 heavy (non-hydrogen) atoms. The Labute approximate surface area is 174 Å². The fraction of sp³-hybridized carbons (Fsp3) is 0.917. The summed E-state index contributed by atoms with van der Waals surface area (Å²) in [4.78, 5) is 34.7. The van der Waals surface area contributed by atoms with Crippen LogP contribution in [0.15, 0.2) is 0 Å². The second-order valence-corrected chi connectivity index (χ2v) is 9.11. The molecule has 0 fully saturated rings. The van der Waals surface area contributed by atoms with Crippen LogP contribution in [0.3, 0.4) is 0 Å². The van der Waals surface area contributed by atoms with Gasteiger partial charge in [-0.3, -0.25) is 0 Å². The van der Waals surface area contributed by atoms with Crippen LogP contribution in [-0.2, 0) is 19.4 Å². The molecule has 0 rings (SSSR count). The van der Waals surface area contributed by atoms with E-state index in [-0.39, 0.29) is 10.8 Å². The number of hydrogen-bond donors (Lipinski definition) is 0. The topological polar surface area (TPSA) is 52.6 Å². The van der Waals surface area contributed by atoms with Gasteiger partial charge in [0.25, 0.3) is 0 Å². The number of carbonyl (C=O) groups is 2. The minimum Gasteiger partial charge on any atom is -0.247 e. The average molecular weight is 399 g/mol. The van der Waals surface area contributed by atoms with Gasteiger partial charge in [0.15, 0.2) is 0 Å². The summed E-state index contributed by atoms with van der Waals surface area (Å²) < 4.78 is 0. The smallest absolute Gasteiger partial charge is 0.247 e. The van der Waals surface area contributed by atoms with Crippen molar-refractivity contribution in [3.8, 4) is 0 Å². The lowest BCUT2D eigenvalue weighted by Crippen LogP contribution is -2.29. The maximum absolute atomic E-state index is 12.4. The third kappa shape index (κ3) is 8.96. The molecule has 0 aromatic carbocycles. The van der Waals surface area contributed by atoms with Crippen molar-refractivity contribution in [3.63, 3.8) is 0 Å². The summed E-state index contributed by atoms with van der Waals surface area (Å²) in [5.74, 6) is 0.262. The van der Waals surface area contributed by atoms with E-state index >= 15 is 0 Å². The molecule has 0 saturated carbocycles. The highest BCUT2D eigenvalue weighted by molar-refractivity contribution is 5.73. The van der Waals surface area contributed by atoms with E-state index in [1.54, 1.807) is 0 Å². The quantitative estimate of drug-likeness (QED) is 0.228. The molecule has 0 spiro atoms. The van der Waals surface area contributed by atoms with E-state index in [0.29, 0.717) is 24.7 Å². The van der Waals surface area contributed by atoms with E-state index in [2.05, 4.69) is 55.4 Å². The molecule has 0 aliphatic rings. The molecule has 0 radical (unpaired) electrons. The molecular formula is C24H46O4. The summed E-state index contributed by atoms with van der Waals surface area (Å²) in [5.41, 5.74) is -0.155. The van der Waals surface area contributed by atoms with Gasteiger partial charge < -0.3 is 0 Å². The van der Waals surface area contributed by atoms with Crippen molar-refractivity contribution >= 4 is 11.9 Å². The molecule has 0 aliphatic carbocycles. The van der Waals surface area contributed by atoms with Gasteiger partial charge in [-0.1, -0.05) is 68.2 Å². The minimum absolute atomic E-state index is 0.0773. The summed E-state index contributed by atoms with van der Waals surface area (Å²) in [7, 11) is 0. The Hall–Kier alpha value is -1.06. The zero-order valence-electron chi connectivity index (χ0n) is 19.9. The van der Waals surface area contributed by atoms with Crippen molar-refractivity contribution in [1.82, 2.24) is 0 Å². The Kier molecular flexibility index (Phi) is 12.7. The molecule has 0 amide bonds. The van der Waals surface area contributed by atoms with Crippen LogP contribution in [-0.4, -0.2) is 11.9 Å². The molecule has 0 N–H and O–H groups in total. The van der Waals surface area contributed by atoms with E-state index < -0.39 is 11.9 Å². The molecule has 2 atom stereocenters. The Bertz CT molecular complexity index is 408. The van der Waals surface area contributed by atoms with E-state index in [1.807, 2.05) is 0 Å². The maximum atomic E-state index is 12.4. The molecule has 2 unspecified atom stereocenters. The zero-order chi connectivity index (χ0) is 21.8. The molecule has 0 aromatic heterocycles. The second kappa shape index (κ2) is 13.2. The summed E-state index contributed by atoms with van der Waals surface area (Å²) in [6.45, 7) is 17.3. The predicted octanol–water partition coefficient (Wildman–Crippen LogP) is 7.25. The molecule has 166 valence electrons. The van der Waals surface area contributed by atoms with Gasteiger partial charge in [0.05, 0.1) is 12.8 Å². The molecule has 0 heterocycles. The van der Waals surface area contributed by atoms with Gasteiger partial charge >= 0.3 is 11.9 Å². The molecule has 0 saturated heterocycles. The van der Waals surface area contributed by atoms with Crippen LogP contribution in [0.1, 0.15) is 120 Å². The molecule has 0 aliphatic heterocycles. The summed E-state index contributed by atoms with van der Waals surface area (Å²) in [5, 5.41) is 0. The number of carbonyl (C=O) groups excluding carboxylic acids is 2. The number of hydrogen-bond acceptors (Lipinski definition) is 4. The molecule has 0 bridgehead atoms. The van der Waals surface area contributed by atoms with E-state index in [4.69, 9.17) is 9.78 Å². The first-order chi connectivity index (χ1) is 13.1. The average Bonchev–Trinajstić information content (AvgIpc) is 2.70. The van der Waals surface area contributed by atoms with Gasteiger partial charge in [0.1, 0.15) is 0 Å². The Morgan fingerprint density at radius 3 is 1.14 bits per heavy atom. The van der Waals surface area contributed by atoms with Gasteiger partial charge in [-0.2, -0.15) is 0 Å². The monoisotopic (exact) mass is 398 g/mol. The van der Waals surface area contributed by atoms with Crippen LogP contribution >= 0.6 is 0 Å². The van der Waals surface area contributed by atoms with Crippen molar-refractivity contribution in [2.24, 2.45) is 22.7 Å². The summed E-state index contributed by atoms with van der Waals surface area (Å²) in [6.07, 6.45) is 8.44. The molecule has 4 heteroatoms. The number of rotatable bonds is 14. The van der Waals surface area contributed by atoms with E-state index in [9.17, 15) is 9.59 Å². The first-order valence-electron chi connectivity index (χ1n) is 11.5. The maximum Gasteiger partial charge on any atom is 0.356 e. The van der Waals surface area contributed by atoms with Crippen LogP contribution in [0.5, 0.6) is 0 Å². The minimum atomic E-state index is -0.430. The fourth-order valence-corrected chi connectivity index (χ4v) is 4.25. The lowest BCUT2D eigenvalue weighted by atomic mass is 9.72. The first-order valence-corrected chi connectivity index (χ1v) is 11.5. The third-order valence-electron chi connectivity index (χ3n) is 7.22. The van der Waals surface area contributed by atoms with Gasteiger partial charge in [0.2, 0.25) is 0 Å². The van der Waals surface area contributed by atoms with Crippen LogP contribution < -0.4 is 0 Å². The Morgan fingerprint density at radius 2 is 0.929 bits per heavy atom. The van der Waals surface area contributed by atoms with Crippen LogP contribution in [0.25, 0.3) is 0 Å². The lowest BCUT2D eigenvalue weighted by molar-refractivity contribution is -0.262.